The molecule has 47 heavy (non-hydrogen) atoms. The lowest BCUT2D eigenvalue weighted by molar-refractivity contribution is 1.04. The number of hydrogen-bond acceptors (Lipinski definition) is 1. The van der Waals surface area contributed by atoms with Gasteiger partial charge in [0.05, 0.1) is 11.0 Å². The standard InChI is InChI=1S/C45H32N2/c1-4-14-32(15-5-1)43-37-20-10-11-21-38(37)44(33-16-6-2-7-17-33)40-30-35(28-29-39(40)43)31-24-26-34(27-25-31)45-46-41-22-12-13-23-42(41)47(45)36-18-8-3-9-19-36/h2-4,6-30H,1,5H2. The minimum Gasteiger partial charge on any atom is -0.292 e. The van der Waals surface area contributed by atoms with E-state index in [1.807, 2.05) is 0 Å². The summed E-state index contributed by atoms with van der Waals surface area (Å²) in [4.78, 5) is 5.08. The normalized spacial score (nSPS) is 13.0. The highest BCUT2D eigenvalue weighted by Gasteiger charge is 2.19. The Balaban J connectivity index is 1.23. The average molecular weight is 601 g/mol. The summed E-state index contributed by atoms with van der Waals surface area (Å²) in [5.74, 6) is 0.943. The van der Waals surface area contributed by atoms with E-state index < -0.39 is 0 Å². The van der Waals surface area contributed by atoms with E-state index in [1.54, 1.807) is 0 Å². The van der Waals surface area contributed by atoms with Crippen molar-refractivity contribution in [3.63, 3.8) is 0 Å². The van der Waals surface area contributed by atoms with Crippen LogP contribution in [0.5, 0.6) is 0 Å². The lowest BCUT2D eigenvalue weighted by Crippen LogP contribution is -1.97. The minimum absolute atomic E-state index is 0.943. The van der Waals surface area contributed by atoms with E-state index in [-0.39, 0.29) is 0 Å². The zero-order valence-corrected chi connectivity index (χ0v) is 26.0. The molecular weight excluding hydrogens is 569 g/mol. The van der Waals surface area contributed by atoms with Crippen molar-refractivity contribution in [2.75, 3.05) is 0 Å². The number of fused-ring (bicyclic) bond motifs is 3. The second-order valence-corrected chi connectivity index (χ2v) is 12.2. The van der Waals surface area contributed by atoms with E-state index >= 15 is 0 Å². The first-order valence-corrected chi connectivity index (χ1v) is 16.4. The van der Waals surface area contributed by atoms with Gasteiger partial charge in [-0.05, 0) is 98.1 Å². The molecule has 1 heterocycles. The topological polar surface area (TPSA) is 17.8 Å². The molecule has 0 amide bonds. The van der Waals surface area contributed by atoms with E-state index in [0.717, 1.165) is 41.0 Å². The highest BCUT2D eigenvalue weighted by atomic mass is 15.1. The smallest absolute Gasteiger partial charge is 0.145 e. The second-order valence-electron chi connectivity index (χ2n) is 12.2. The fraction of sp³-hybridized carbons (Fsp3) is 0.0444. The molecule has 0 bridgehead atoms. The Kier molecular flexibility index (Phi) is 6.64. The molecule has 1 aliphatic carbocycles. The summed E-state index contributed by atoms with van der Waals surface area (Å²) in [6.07, 6.45) is 9.19. The molecular formula is C45H32N2. The van der Waals surface area contributed by atoms with E-state index in [1.165, 1.54) is 54.9 Å². The molecule has 2 nitrogen and oxygen atoms in total. The van der Waals surface area contributed by atoms with Gasteiger partial charge in [0.15, 0.2) is 0 Å². The van der Waals surface area contributed by atoms with Crippen LogP contribution in [0.3, 0.4) is 0 Å². The van der Waals surface area contributed by atoms with Crippen molar-refractivity contribution in [3.8, 4) is 39.3 Å². The molecule has 9 rings (SSSR count). The van der Waals surface area contributed by atoms with Crippen molar-refractivity contribution < 1.29 is 0 Å². The molecule has 0 aliphatic heterocycles. The lowest BCUT2D eigenvalue weighted by atomic mass is 9.84. The van der Waals surface area contributed by atoms with Crippen LogP contribution in [0, 0.1) is 0 Å². The first kappa shape index (κ1) is 27.3. The fourth-order valence-corrected chi connectivity index (χ4v) is 7.25. The molecule has 1 aliphatic rings. The Morgan fingerprint density at radius 2 is 1.11 bits per heavy atom. The Morgan fingerprint density at radius 1 is 0.468 bits per heavy atom. The summed E-state index contributed by atoms with van der Waals surface area (Å²) < 4.78 is 2.26. The van der Waals surface area contributed by atoms with E-state index in [2.05, 4.69) is 174 Å². The van der Waals surface area contributed by atoms with Crippen LogP contribution in [0.2, 0.25) is 0 Å². The van der Waals surface area contributed by atoms with Gasteiger partial charge in [0, 0.05) is 11.3 Å². The molecule has 0 atom stereocenters. The zero-order valence-electron chi connectivity index (χ0n) is 26.0. The summed E-state index contributed by atoms with van der Waals surface area (Å²) in [5, 5.41) is 5.15. The van der Waals surface area contributed by atoms with E-state index in [0.29, 0.717) is 0 Å². The molecule has 2 heteroatoms. The van der Waals surface area contributed by atoms with Crippen LogP contribution in [0.1, 0.15) is 18.4 Å². The summed E-state index contributed by atoms with van der Waals surface area (Å²) in [5.41, 5.74) is 11.8. The first-order chi connectivity index (χ1) is 23.3. The van der Waals surface area contributed by atoms with Crippen molar-refractivity contribution in [1.29, 1.82) is 0 Å². The van der Waals surface area contributed by atoms with Crippen molar-refractivity contribution in [2.45, 2.75) is 12.8 Å². The van der Waals surface area contributed by atoms with Gasteiger partial charge >= 0.3 is 0 Å². The molecule has 7 aromatic carbocycles. The average Bonchev–Trinajstić information content (AvgIpc) is 3.54. The monoisotopic (exact) mass is 600 g/mol. The molecule has 0 fully saturated rings. The van der Waals surface area contributed by atoms with Crippen LogP contribution in [0.4, 0.5) is 0 Å². The van der Waals surface area contributed by atoms with Crippen LogP contribution < -0.4 is 0 Å². The zero-order chi connectivity index (χ0) is 31.2. The van der Waals surface area contributed by atoms with Crippen molar-refractivity contribution in [2.24, 2.45) is 0 Å². The number of imidazole rings is 1. The molecule has 0 saturated carbocycles. The van der Waals surface area contributed by atoms with E-state index in [9.17, 15) is 0 Å². The Labute approximate surface area is 274 Å². The van der Waals surface area contributed by atoms with Crippen LogP contribution >= 0.6 is 0 Å². The number of para-hydroxylation sites is 3. The Morgan fingerprint density at radius 3 is 1.87 bits per heavy atom. The van der Waals surface area contributed by atoms with Crippen molar-refractivity contribution in [1.82, 2.24) is 9.55 Å². The lowest BCUT2D eigenvalue weighted by Gasteiger charge is -2.20. The molecule has 1 aromatic heterocycles. The minimum atomic E-state index is 0.943. The van der Waals surface area contributed by atoms with Crippen LogP contribution in [-0.2, 0) is 0 Å². The number of hydrogen-bond donors (Lipinski definition) is 0. The number of aromatic nitrogens is 2. The third-order valence-corrected chi connectivity index (χ3v) is 9.42. The van der Waals surface area contributed by atoms with Crippen LogP contribution in [0.15, 0.2) is 170 Å². The molecule has 0 saturated heterocycles. The molecule has 8 aromatic rings. The first-order valence-electron chi connectivity index (χ1n) is 16.4. The summed E-state index contributed by atoms with van der Waals surface area (Å²) in [6, 6.07) is 54.5. The highest BCUT2D eigenvalue weighted by molar-refractivity contribution is 6.20. The van der Waals surface area contributed by atoms with Gasteiger partial charge in [-0.15, -0.1) is 0 Å². The van der Waals surface area contributed by atoms with Crippen LogP contribution in [-0.4, -0.2) is 9.55 Å². The van der Waals surface area contributed by atoms with Crippen molar-refractivity contribution in [3.05, 3.63) is 175 Å². The highest BCUT2D eigenvalue weighted by Crippen LogP contribution is 2.44. The SMILES string of the molecule is C1=CC(c2c3ccccc3c(-c3ccccc3)c3cc(-c4ccc(-c5nc6ccccc6n5-c5ccccc5)cc4)ccc23)=CCC1. The molecule has 0 unspecified atom stereocenters. The Hall–Kier alpha value is -5.99. The second kappa shape index (κ2) is 11.4. The van der Waals surface area contributed by atoms with Crippen molar-refractivity contribution >= 4 is 38.2 Å². The molecule has 0 N–H and O–H groups in total. The van der Waals surface area contributed by atoms with E-state index in [4.69, 9.17) is 4.98 Å². The van der Waals surface area contributed by atoms with Gasteiger partial charge in [-0.2, -0.15) is 0 Å². The third kappa shape index (κ3) is 4.69. The van der Waals surface area contributed by atoms with Gasteiger partial charge in [0.25, 0.3) is 0 Å². The fourth-order valence-electron chi connectivity index (χ4n) is 7.25. The molecule has 0 spiro atoms. The van der Waals surface area contributed by atoms with Gasteiger partial charge in [-0.3, -0.25) is 4.57 Å². The van der Waals surface area contributed by atoms with Gasteiger partial charge < -0.3 is 0 Å². The van der Waals surface area contributed by atoms with Gasteiger partial charge in [-0.1, -0.05) is 140 Å². The van der Waals surface area contributed by atoms with Gasteiger partial charge in [-0.25, -0.2) is 4.98 Å². The molecule has 222 valence electrons. The Bertz CT molecular complexity index is 2480. The maximum atomic E-state index is 5.08. The number of rotatable bonds is 5. The number of allylic oxidation sites excluding steroid dienone is 4. The quantitative estimate of drug-likeness (QED) is 0.180. The summed E-state index contributed by atoms with van der Waals surface area (Å²) >= 11 is 0. The van der Waals surface area contributed by atoms with Gasteiger partial charge in [0.2, 0.25) is 0 Å². The summed E-state index contributed by atoms with van der Waals surface area (Å²) in [7, 11) is 0. The largest absolute Gasteiger partial charge is 0.292 e. The van der Waals surface area contributed by atoms with Crippen LogP contribution in [0.25, 0.3) is 77.5 Å². The number of benzene rings is 7. The maximum Gasteiger partial charge on any atom is 0.145 e. The predicted molar refractivity (Wildman–Crippen MR) is 199 cm³/mol. The third-order valence-electron chi connectivity index (χ3n) is 9.42. The maximum absolute atomic E-state index is 5.08. The van der Waals surface area contributed by atoms with Gasteiger partial charge in [0.1, 0.15) is 5.82 Å². The summed E-state index contributed by atoms with van der Waals surface area (Å²) in [6.45, 7) is 0. The number of nitrogens with zero attached hydrogens (tertiary/aromatic N) is 2. The molecule has 0 radical (unpaired) electrons. The predicted octanol–water partition coefficient (Wildman–Crippen LogP) is 12.1.